The second-order valence-electron chi connectivity index (χ2n) is 7.26. The Morgan fingerprint density at radius 1 is 1.03 bits per heavy atom. The first kappa shape index (κ1) is 21.0. The van der Waals surface area contributed by atoms with Gasteiger partial charge < -0.3 is 10.6 Å². The molecule has 0 aromatic heterocycles. The summed E-state index contributed by atoms with van der Waals surface area (Å²) in [7, 11) is -3.64. The zero-order valence-corrected chi connectivity index (χ0v) is 17.3. The molecule has 1 saturated heterocycles. The summed E-state index contributed by atoms with van der Waals surface area (Å²) in [6.45, 7) is 4.27. The van der Waals surface area contributed by atoms with E-state index in [1.165, 1.54) is 4.31 Å². The van der Waals surface area contributed by atoms with Crippen molar-refractivity contribution in [3.8, 4) is 0 Å². The van der Waals surface area contributed by atoms with E-state index in [9.17, 15) is 18.0 Å². The number of hydrogen-bond donors (Lipinski definition) is 2. The van der Waals surface area contributed by atoms with Crippen molar-refractivity contribution in [2.24, 2.45) is 0 Å². The first-order valence-corrected chi connectivity index (χ1v) is 11.0. The number of carbonyl (C=O) groups is 2. The molecule has 0 spiro atoms. The standard InChI is InChI=1S/C21H25N3O4S/c1-15-8-10-19(11-9-15)29(27,28)24-12-4-7-18(24)14-22-20(25)21(26)23-17-6-3-5-16(2)13-17/h3,5-6,8-11,13,18H,4,7,12,14H2,1-2H3,(H,22,25)(H,23,26). The van der Waals surface area contributed by atoms with Crippen LogP contribution in [-0.2, 0) is 19.6 Å². The van der Waals surface area contributed by atoms with Crippen molar-refractivity contribution in [1.29, 1.82) is 0 Å². The summed E-state index contributed by atoms with van der Waals surface area (Å²) < 4.78 is 27.3. The molecule has 1 heterocycles. The van der Waals surface area contributed by atoms with Crippen LogP contribution in [0.5, 0.6) is 0 Å². The topological polar surface area (TPSA) is 95.6 Å². The van der Waals surface area contributed by atoms with Gasteiger partial charge >= 0.3 is 11.8 Å². The van der Waals surface area contributed by atoms with E-state index >= 15 is 0 Å². The summed E-state index contributed by atoms with van der Waals surface area (Å²) in [5.41, 5.74) is 2.48. The van der Waals surface area contributed by atoms with Gasteiger partial charge in [-0.05, 0) is 56.5 Å². The molecule has 0 bridgehead atoms. The van der Waals surface area contributed by atoms with Gasteiger partial charge in [-0.2, -0.15) is 4.31 Å². The average Bonchev–Trinajstić information content (AvgIpc) is 3.16. The van der Waals surface area contributed by atoms with E-state index in [-0.39, 0.29) is 17.5 Å². The molecule has 2 amide bonds. The quantitative estimate of drug-likeness (QED) is 0.732. The molecular weight excluding hydrogens is 390 g/mol. The predicted octanol–water partition coefficient (Wildman–Crippen LogP) is 2.21. The summed E-state index contributed by atoms with van der Waals surface area (Å²) in [6.07, 6.45) is 1.34. The Kier molecular flexibility index (Phi) is 6.34. The van der Waals surface area contributed by atoms with E-state index < -0.39 is 21.8 Å². The van der Waals surface area contributed by atoms with Crippen LogP contribution in [0.25, 0.3) is 0 Å². The van der Waals surface area contributed by atoms with Crippen molar-refractivity contribution in [2.45, 2.75) is 37.6 Å². The van der Waals surface area contributed by atoms with Gasteiger partial charge in [-0.3, -0.25) is 9.59 Å². The number of anilines is 1. The van der Waals surface area contributed by atoms with Gasteiger partial charge in [0.25, 0.3) is 0 Å². The number of carbonyl (C=O) groups excluding carboxylic acids is 2. The lowest BCUT2D eigenvalue weighted by Gasteiger charge is -2.24. The van der Waals surface area contributed by atoms with Crippen molar-refractivity contribution in [3.05, 3.63) is 59.7 Å². The number of aryl methyl sites for hydroxylation is 2. The lowest BCUT2D eigenvalue weighted by Crippen LogP contribution is -2.45. The monoisotopic (exact) mass is 415 g/mol. The highest BCUT2D eigenvalue weighted by Gasteiger charge is 2.35. The second-order valence-corrected chi connectivity index (χ2v) is 9.15. The van der Waals surface area contributed by atoms with Crippen LogP contribution < -0.4 is 10.6 Å². The maximum Gasteiger partial charge on any atom is 0.313 e. The van der Waals surface area contributed by atoms with Crippen LogP contribution in [0.1, 0.15) is 24.0 Å². The fraction of sp³-hybridized carbons (Fsp3) is 0.333. The second kappa shape index (κ2) is 8.75. The molecule has 1 unspecified atom stereocenters. The van der Waals surface area contributed by atoms with E-state index in [0.717, 1.165) is 11.1 Å². The van der Waals surface area contributed by atoms with Crippen molar-refractivity contribution in [1.82, 2.24) is 9.62 Å². The Morgan fingerprint density at radius 3 is 2.45 bits per heavy atom. The van der Waals surface area contributed by atoms with Crippen LogP contribution in [0.4, 0.5) is 5.69 Å². The first-order chi connectivity index (χ1) is 13.8. The SMILES string of the molecule is Cc1ccc(S(=O)(=O)N2CCCC2CNC(=O)C(=O)Nc2cccc(C)c2)cc1. The van der Waals surface area contributed by atoms with Crippen LogP contribution in [0.2, 0.25) is 0 Å². The molecule has 8 heteroatoms. The van der Waals surface area contributed by atoms with Gasteiger partial charge in [0.1, 0.15) is 0 Å². The van der Waals surface area contributed by atoms with E-state index in [1.54, 1.807) is 42.5 Å². The fourth-order valence-electron chi connectivity index (χ4n) is 3.38. The van der Waals surface area contributed by atoms with Crippen LogP contribution in [0.3, 0.4) is 0 Å². The zero-order chi connectivity index (χ0) is 21.0. The number of amides is 2. The number of rotatable bonds is 5. The molecule has 2 aromatic carbocycles. The number of sulfonamides is 1. The number of nitrogens with zero attached hydrogens (tertiary/aromatic N) is 1. The Hall–Kier alpha value is -2.71. The van der Waals surface area contributed by atoms with Gasteiger partial charge in [-0.15, -0.1) is 0 Å². The minimum atomic E-state index is -3.64. The zero-order valence-electron chi connectivity index (χ0n) is 16.5. The molecule has 0 aliphatic carbocycles. The molecule has 0 radical (unpaired) electrons. The summed E-state index contributed by atoms with van der Waals surface area (Å²) in [5, 5.41) is 5.11. The van der Waals surface area contributed by atoms with Gasteiger partial charge in [0, 0.05) is 24.8 Å². The molecular formula is C21H25N3O4S. The van der Waals surface area contributed by atoms with Gasteiger partial charge in [0.2, 0.25) is 10.0 Å². The molecule has 154 valence electrons. The highest BCUT2D eigenvalue weighted by molar-refractivity contribution is 7.89. The van der Waals surface area contributed by atoms with Crippen molar-refractivity contribution >= 4 is 27.5 Å². The number of benzene rings is 2. The molecule has 29 heavy (non-hydrogen) atoms. The highest BCUT2D eigenvalue weighted by atomic mass is 32.2. The Morgan fingerprint density at radius 2 is 1.76 bits per heavy atom. The van der Waals surface area contributed by atoms with E-state index in [1.807, 2.05) is 19.9 Å². The molecule has 2 N–H and O–H groups in total. The fourth-order valence-corrected chi connectivity index (χ4v) is 5.07. The lowest BCUT2D eigenvalue weighted by atomic mass is 10.2. The Labute approximate surface area is 171 Å². The van der Waals surface area contributed by atoms with Gasteiger partial charge in [-0.1, -0.05) is 29.8 Å². The summed E-state index contributed by atoms with van der Waals surface area (Å²) in [6, 6.07) is 13.5. The lowest BCUT2D eigenvalue weighted by molar-refractivity contribution is -0.136. The van der Waals surface area contributed by atoms with E-state index in [0.29, 0.717) is 25.1 Å². The first-order valence-electron chi connectivity index (χ1n) is 9.52. The Balaban J connectivity index is 1.61. The normalized spacial score (nSPS) is 17.1. The number of hydrogen-bond acceptors (Lipinski definition) is 4. The van der Waals surface area contributed by atoms with Crippen LogP contribution in [0.15, 0.2) is 53.4 Å². The van der Waals surface area contributed by atoms with Crippen molar-refractivity contribution < 1.29 is 18.0 Å². The molecule has 0 saturated carbocycles. The third kappa shape index (κ3) is 5.02. The van der Waals surface area contributed by atoms with Crippen LogP contribution in [-0.4, -0.2) is 43.7 Å². The molecule has 1 fully saturated rings. The third-order valence-corrected chi connectivity index (χ3v) is 6.90. The summed E-state index contributed by atoms with van der Waals surface area (Å²) >= 11 is 0. The molecule has 7 nitrogen and oxygen atoms in total. The Bertz CT molecular complexity index is 1000. The van der Waals surface area contributed by atoms with Crippen LogP contribution >= 0.6 is 0 Å². The maximum atomic E-state index is 12.9. The highest BCUT2D eigenvalue weighted by Crippen LogP contribution is 2.26. The molecule has 3 rings (SSSR count). The smallest absolute Gasteiger partial charge is 0.313 e. The third-order valence-electron chi connectivity index (χ3n) is 4.93. The molecule has 1 aliphatic rings. The average molecular weight is 416 g/mol. The van der Waals surface area contributed by atoms with Gasteiger partial charge in [0.15, 0.2) is 0 Å². The van der Waals surface area contributed by atoms with E-state index in [4.69, 9.17) is 0 Å². The van der Waals surface area contributed by atoms with Gasteiger partial charge in [-0.25, -0.2) is 8.42 Å². The predicted molar refractivity (Wildman–Crippen MR) is 111 cm³/mol. The summed E-state index contributed by atoms with van der Waals surface area (Å²) in [4.78, 5) is 24.5. The largest absolute Gasteiger partial charge is 0.346 e. The summed E-state index contributed by atoms with van der Waals surface area (Å²) in [5.74, 6) is -1.56. The minimum Gasteiger partial charge on any atom is -0.346 e. The molecule has 2 aromatic rings. The molecule has 1 atom stereocenters. The maximum absolute atomic E-state index is 12.9. The van der Waals surface area contributed by atoms with E-state index in [2.05, 4.69) is 10.6 Å². The van der Waals surface area contributed by atoms with Crippen LogP contribution in [0, 0.1) is 13.8 Å². The van der Waals surface area contributed by atoms with Gasteiger partial charge in [0.05, 0.1) is 4.90 Å². The molecule has 1 aliphatic heterocycles. The number of nitrogens with one attached hydrogen (secondary N) is 2. The minimum absolute atomic E-state index is 0.0885. The van der Waals surface area contributed by atoms with Crippen molar-refractivity contribution in [2.75, 3.05) is 18.4 Å². The van der Waals surface area contributed by atoms with Crippen molar-refractivity contribution in [3.63, 3.8) is 0 Å².